The minimum Gasteiger partial charge on any atom is -0.444 e. The summed E-state index contributed by atoms with van der Waals surface area (Å²) in [6, 6.07) is 8.07. The molecule has 0 saturated heterocycles. The number of anilines is 1. The molecular formula is C21H33N5O3. The molecule has 0 fully saturated rings. The van der Waals surface area contributed by atoms with E-state index in [4.69, 9.17) is 4.74 Å². The Bertz CT molecular complexity index is 727. The molecule has 0 bridgehead atoms. The van der Waals surface area contributed by atoms with Crippen molar-refractivity contribution in [2.24, 2.45) is 4.99 Å². The number of nitrogens with zero attached hydrogens (tertiary/aromatic N) is 2. The first kappa shape index (κ1) is 22.5. The number of hydrogen-bond donors (Lipinski definition) is 3. The van der Waals surface area contributed by atoms with Crippen molar-refractivity contribution in [3.8, 4) is 0 Å². The number of benzene rings is 1. The first-order valence-electron chi connectivity index (χ1n) is 10.1. The Kier molecular flexibility index (Phi) is 8.30. The van der Waals surface area contributed by atoms with Crippen LogP contribution in [0.4, 0.5) is 10.5 Å². The zero-order chi connectivity index (χ0) is 21.3. The number of para-hydroxylation sites is 1. The van der Waals surface area contributed by atoms with E-state index in [2.05, 4.69) is 27.0 Å². The first-order chi connectivity index (χ1) is 13.8. The van der Waals surface area contributed by atoms with E-state index in [-0.39, 0.29) is 5.91 Å². The van der Waals surface area contributed by atoms with E-state index in [1.54, 1.807) is 7.05 Å². The highest BCUT2D eigenvalue weighted by molar-refractivity contribution is 5.95. The van der Waals surface area contributed by atoms with E-state index in [0.717, 1.165) is 18.7 Å². The Balaban J connectivity index is 1.60. The van der Waals surface area contributed by atoms with Gasteiger partial charge in [-0.3, -0.25) is 9.79 Å². The fraction of sp³-hybridized carbons (Fsp3) is 0.571. The molecular weight excluding hydrogens is 370 g/mol. The molecule has 1 aromatic carbocycles. The second-order valence-electron chi connectivity index (χ2n) is 7.88. The van der Waals surface area contributed by atoms with Gasteiger partial charge in [-0.05, 0) is 45.2 Å². The second kappa shape index (κ2) is 10.7. The predicted molar refractivity (Wildman–Crippen MR) is 115 cm³/mol. The average Bonchev–Trinajstić information content (AvgIpc) is 3.09. The van der Waals surface area contributed by atoms with Gasteiger partial charge >= 0.3 is 6.09 Å². The number of alkyl carbamates (subject to hydrolysis) is 1. The summed E-state index contributed by atoms with van der Waals surface area (Å²) in [6.45, 7) is 7.81. The van der Waals surface area contributed by atoms with Crippen molar-refractivity contribution >= 4 is 23.6 Å². The van der Waals surface area contributed by atoms with Crippen LogP contribution in [0.15, 0.2) is 29.3 Å². The van der Waals surface area contributed by atoms with Crippen molar-refractivity contribution in [1.82, 2.24) is 16.0 Å². The largest absolute Gasteiger partial charge is 0.444 e. The molecule has 0 aromatic heterocycles. The van der Waals surface area contributed by atoms with Crippen LogP contribution in [0.2, 0.25) is 0 Å². The van der Waals surface area contributed by atoms with Gasteiger partial charge in [-0.25, -0.2) is 4.79 Å². The van der Waals surface area contributed by atoms with Gasteiger partial charge in [0, 0.05) is 45.3 Å². The molecule has 1 heterocycles. The van der Waals surface area contributed by atoms with Crippen molar-refractivity contribution in [3.63, 3.8) is 0 Å². The third-order valence-corrected chi connectivity index (χ3v) is 4.36. The predicted octanol–water partition coefficient (Wildman–Crippen LogP) is 2.05. The Labute approximate surface area is 173 Å². The third-order valence-electron chi connectivity index (χ3n) is 4.36. The lowest BCUT2D eigenvalue weighted by molar-refractivity contribution is -0.118. The summed E-state index contributed by atoms with van der Waals surface area (Å²) in [5.74, 6) is 0.788. The van der Waals surface area contributed by atoms with E-state index >= 15 is 0 Å². The van der Waals surface area contributed by atoms with Crippen molar-refractivity contribution < 1.29 is 14.3 Å². The monoisotopic (exact) mass is 403 g/mol. The maximum Gasteiger partial charge on any atom is 0.407 e. The van der Waals surface area contributed by atoms with Gasteiger partial charge in [0.15, 0.2) is 5.96 Å². The van der Waals surface area contributed by atoms with Crippen LogP contribution in [0, 0.1) is 0 Å². The van der Waals surface area contributed by atoms with Crippen LogP contribution in [0.3, 0.4) is 0 Å². The molecule has 1 aliphatic rings. The van der Waals surface area contributed by atoms with Crippen LogP contribution < -0.4 is 20.9 Å². The maximum atomic E-state index is 12.5. The molecule has 0 aliphatic carbocycles. The number of carbonyl (C=O) groups is 2. The molecule has 1 aromatic rings. The number of amides is 2. The number of aliphatic imine (C=N–C) groups is 1. The van der Waals surface area contributed by atoms with Gasteiger partial charge in [-0.1, -0.05) is 18.2 Å². The van der Waals surface area contributed by atoms with E-state index in [0.29, 0.717) is 38.4 Å². The van der Waals surface area contributed by atoms with Crippen LogP contribution in [0.1, 0.15) is 39.2 Å². The molecule has 29 heavy (non-hydrogen) atoms. The van der Waals surface area contributed by atoms with Gasteiger partial charge in [-0.2, -0.15) is 0 Å². The zero-order valence-corrected chi connectivity index (χ0v) is 17.9. The molecule has 3 N–H and O–H groups in total. The van der Waals surface area contributed by atoms with Gasteiger partial charge in [0.1, 0.15) is 5.60 Å². The molecule has 1 aliphatic heterocycles. The molecule has 0 radical (unpaired) electrons. The normalized spacial score (nSPS) is 13.7. The van der Waals surface area contributed by atoms with Crippen molar-refractivity contribution in [3.05, 3.63) is 29.8 Å². The molecule has 0 atom stereocenters. The first-order valence-corrected chi connectivity index (χ1v) is 10.1. The SMILES string of the molecule is CN=C(NCCCC(=O)N1CCc2ccccc21)NCCNC(=O)OC(C)(C)C. The summed E-state index contributed by atoms with van der Waals surface area (Å²) in [5.41, 5.74) is 1.77. The fourth-order valence-electron chi connectivity index (χ4n) is 3.06. The summed E-state index contributed by atoms with van der Waals surface area (Å²) >= 11 is 0. The van der Waals surface area contributed by atoms with Crippen molar-refractivity contribution in [2.75, 3.05) is 38.1 Å². The second-order valence-corrected chi connectivity index (χ2v) is 7.88. The van der Waals surface area contributed by atoms with Gasteiger partial charge in [0.05, 0.1) is 0 Å². The molecule has 160 valence electrons. The summed E-state index contributed by atoms with van der Waals surface area (Å²) in [5, 5.41) is 8.99. The van der Waals surface area contributed by atoms with E-state index in [9.17, 15) is 9.59 Å². The number of rotatable bonds is 7. The standard InChI is InChI=1S/C21H33N5O3/c1-21(2,3)29-20(28)25-14-13-24-19(22-4)23-12-7-10-18(27)26-15-11-16-8-5-6-9-17(16)26/h5-6,8-9H,7,10-15H2,1-4H3,(H,25,28)(H2,22,23,24). The highest BCUT2D eigenvalue weighted by Crippen LogP contribution is 2.27. The van der Waals surface area contributed by atoms with Crippen molar-refractivity contribution in [2.45, 2.75) is 45.6 Å². The lowest BCUT2D eigenvalue weighted by atomic mass is 10.2. The van der Waals surface area contributed by atoms with Crippen LogP contribution in [-0.2, 0) is 16.0 Å². The number of fused-ring (bicyclic) bond motifs is 1. The third kappa shape index (κ3) is 7.63. The number of guanidine groups is 1. The lowest BCUT2D eigenvalue weighted by Gasteiger charge is -2.20. The van der Waals surface area contributed by atoms with Crippen LogP contribution in [0.5, 0.6) is 0 Å². The summed E-state index contributed by atoms with van der Waals surface area (Å²) in [4.78, 5) is 30.1. The number of hydrogen-bond acceptors (Lipinski definition) is 4. The quantitative estimate of drug-likeness (QED) is 0.368. The Hall–Kier alpha value is -2.77. The van der Waals surface area contributed by atoms with Crippen LogP contribution in [0.25, 0.3) is 0 Å². The summed E-state index contributed by atoms with van der Waals surface area (Å²) in [6.07, 6.45) is 1.69. The number of carbonyl (C=O) groups excluding carboxylic acids is 2. The van der Waals surface area contributed by atoms with E-state index in [1.807, 2.05) is 43.9 Å². The van der Waals surface area contributed by atoms with Crippen molar-refractivity contribution in [1.29, 1.82) is 0 Å². The van der Waals surface area contributed by atoms with Gasteiger partial charge in [-0.15, -0.1) is 0 Å². The van der Waals surface area contributed by atoms with E-state index in [1.165, 1.54) is 5.56 Å². The lowest BCUT2D eigenvalue weighted by Crippen LogP contribution is -2.42. The molecule has 0 spiro atoms. The summed E-state index contributed by atoms with van der Waals surface area (Å²) in [7, 11) is 1.68. The molecule has 0 unspecified atom stereocenters. The maximum absolute atomic E-state index is 12.5. The molecule has 2 rings (SSSR count). The zero-order valence-electron chi connectivity index (χ0n) is 17.9. The topological polar surface area (TPSA) is 95.1 Å². The molecule has 0 saturated carbocycles. The Morgan fingerprint density at radius 3 is 2.52 bits per heavy atom. The summed E-state index contributed by atoms with van der Waals surface area (Å²) < 4.78 is 5.18. The highest BCUT2D eigenvalue weighted by Gasteiger charge is 2.23. The fourth-order valence-corrected chi connectivity index (χ4v) is 3.06. The molecule has 2 amide bonds. The minimum absolute atomic E-state index is 0.154. The molecule has 8 heteroatoms. The number of ether oxygens (including phenoxy) is 1. The minimum atomic E-state index is -0.510. The Morgan fingerprint density at radius 2 is 1.79 bits per heavy atom. The van der Waals surface area contributed by atoms with E-state index < -0.39 is 11.7 Å². The highest BCUT2D eigenvalue weighted by atomic mass is 16.6. The Morgan fingerprint density at radius 1 is 1.10 bits per heavy atom. The number of nitrogens with one attached hydrogen (secondary N) is 3. The van der Waals surface area contributed by atoms with Gasteiger partial charge < -0.3 is 25.6 Å². The molecule has 8 nitrogen and oxygen atoms in total. The average molecular weight is 404 g/mol. The smallest absolute Gasteiger partial charge is 0.407 e. The van der Waals surface area contributed by atoms with Gasteiger partial charge in [0.2, 0.25) is 5.91 Å². The van der Waals surface area contributed by atoms with Gasteiger partial charge in [0.25, 0.3) is 0 Å². The van der Waals surface area contributed by atoms with Crippen LogP contribution in [-0.4, -0.2) is 56.8 Å². The van der Waals surface area contributed by atoms with Crippen LogP contribution >= 0.6 is 0 Å².